The highest BCUT2D eigenvalue weighted by atomic mass is 16.6. The number of rotatable bonds is 4. The summed E-state index contributed by atoms with van der Waals surface area (Å²) >= 11 is 0. The number of fused-ring (bicyclic) bond motifs is 3. The maximum Gasteiger partial charge on any atom is 0.166 e. The van der Waals surface area contributed by atoms with Crippen LogP contribution in [0.25, 0.3) is 0 Å². The first-order chi connectivity index (χ1) is 13.8. The lowest BCUT2D eigenvalue weighted by atomic mass is 9.75. The van der Waals surface area contributed by atoms with Crippen molar-refractivity contribution in [2.75, 3.05) is 13.2 Å². The SMILES string of the molecule is O=C(c1ccc2c(c1)OCCO2)C1CC2CCCC(C1)N2Cc1ccccc1. The molecular weight excluding hydrogens is 350 g/mol. The summed E-state index contributed by atoms with van der Waals surface area (Å²) in [6.07, 6.45) is 5.63. The Hall–Kier alpha value is -2.33. The predicted molar refractivity (Wildman–Crippen MR) is 108 cm³/mol. The molecule has 3 heterocycles. The molecule has 4 heteroatoms. The van der Waals surface area contributed by atoms with Gasteiger partial charge in [0, 0.05) is 30.1 Å². The van der Waals surface area contributed by atoms with Crippen molar-refractivity contribution in [2.45, 2.75) is 50.7 Å². The number of ether oxygens (including phenoxy) is 2. The molecular formula is C24H27NO3. The molecule has 0 N–H and O–H groups in total. The molecule has 0 spiro atoms. The molecule has 5 rings (SSSR count). The van der Waals surface area contributed by atoms with Crippen LogP contribution in [0.1, 0.15) is 48.0 Å². The van der Waals surface area contributed by atoms with Crippen LogP contribution < -0.4 is 9.47 Å². The minimum Gasteiger partial charge on any atom is -0.486 e. The lowest BCUT2D eigenvalue weighted by Crippen LogP contribution is -2.52. The number of nitrogens with zero attached hydrogens (tertiary/aromatic N) is 1. The minimum atomic E-state index is 0.116. The van der Waals surface area contributed by atoms with Crippen LogP contribution in [0, 0.1) is 5.92 Å². The van der Waals surface area contributed by atoms with Crippen LogP contribution in [-0.4, -0.2) is 36.0 Å². The Balaban J connectivity index is 1.32. The fourth-order valence-corrected chi connectivity index (χ4v) is 5.18. The monoisotopic (exact) mass is 377 g/mol. The molecule has 0 aliphatic carbocycles. The molecule has 2 aromatic carbocycles. The third kappa shape index (κ3) is 3.42. The van der Waals surface area contributed by atoms with Gasteiger partial charge in [0.2, 0.25) is 0 Å². The van der Waals surface area contributed by atoms with Crippen LogP contribution in [-0.2, 0) is 6.54 Å². The van der Waals surface area contributed by atoms with Crippen molar-refractivity contribution in [1.29, 1.82) is 0 Å². The number of hydrogen-bond donors (Lipinski definition) is 0. The molecule has 0 radical (unpaired) electrons. The van der Waals surface area contributed by atoms with E-state index in [1.165, 1.54) is 24.8 Å². The van der Waals surface area contributed by atoms with Gasteiger partial charge in [0.15, 0.2) is 17.3 Å². The van der Waals surface area contributed by atoms with E-state index in [0.29, 0.717) is 31.0 Å². The first kappa shape index (κ1) is 17.7. The molecule has 0 saturated carbocycles. The number of piperidine rings is 2. The van der Waals surface area contributed by atoms with Crippen molar-refractivity contribution >= 4 is 5.78 Å². The number of carbonyl (C=O) groups excluding carboxylic acids is 1. The number of Topliss-reactive ketones (excluding diaryl/α,β-unsaturated/α-hetero) is 1. The molecule has 0 amide bonds. The molecule has 28 heavy (non-hydrogen) atoms. The van der Waals surface area contributed by atoms with Crippen LogP contribution >= 0.6 is 0 Å². The lowest BCUT2D eigenvalue weighted by molar-refractivity contribution is 0.00905. The second kappa shape index (κ2) is 7.59. The van der Waals surface area contributed by atoms with Gasteiger partial charge in [-0.15, -0.1) is 0 Å². The highest BCUT2D eigenvalue weighted by molar-refractivity contribution is 5.98. The van der Waals surface area contributed by atoms with Crippen molar-refractivity contribution in [3.63, 3.8) is 0 Å². The van der Waals surface area contributed by atoms with Crippen molar-refractivity contribution in [1.82, 2.24) is 4.90 Å². The van der Waals surface area contributed by atoms with E-state index in [1.807, 2.05) is 18.2 Å². The fourth-order valence-electron chi connectivity index (χ4n) is 5.18. The summed E-state index contributed by atoms with van der Waals surface area (Å²) in [5.41, 5.74) is 2.14. The van der Waals surface area contributed by atoms with Crippen molar-refractivity contribution in [2.24, 2.45) is 5.92 Å². The summed E-state index contributed by atoms with van der Waals surface area (Å²) in [7, 11) is 0. The van der Waals surface area contributed by atoms with Crippen LogP contribution in [0.5, 0.6) is 11.5 Å². The molecule has 146 valence electrons. The van der Waals surface area contributed by atoms with Crippen LogP contribution in [0.2, 0.25) is 0 Å². The zero-order valence-electron chi connectivity index (χ0n) is 16.2. The van der Waals surface area contributed by atoms with E-state index in [1.54, 1.807) is 0 Å². The molecule has 2 saturated heterocycles. The first-order valence-corrected chi connectivity index (χ1v) is 10.5. The van der Waals surface area contributed by atoms with Gasteiger partial charge in [0.25, 0.3) is 0 Å². The van der Waals surface area contributed by atoms with E-state index in [-0.39, 0.29) is 11.7 Å². The van der Waals surface area contributed by atoms with Gasteiger partial charge in [0.1, 0.15) is 13.2 Å². The van der Waals surface area contributed by atoms with Crippen LogP contribution in [0.3, 0.4) is 0 Å². The zero-order chi connectivity index (χ0) is 18.9. The molecule has 3 aliphatic heterocycles. The van der Waals surface area contributed by atoms with E-state index < -0.39 is 0 Å². The van der Waals surface area contributed by atoms with Gasteiger partial charge in [-0.3, -0.25) is 9.69 Å². The molecule has 4 nitrogen and oxygen atoms in total. The average Bonchev–Trinajstić information content (AvgIpc) is 2.73. The molecule has 0 aromatic heterocycles. The fraction of sp³-hybridized carbons (Fsp3) is 0.458. The lowest BCUT2D eigenvalue weighted by Gasteiger charge is -2.48. The van der Waals surface area contributed by atoms with Gasteiger partial charge >= 0.3 is 0 Å². The Labute approximate surface area is 166 Å². The second-order valence-electron chi connectivity index (χ2n) is 8.29. The van der Waals surface area contributed by atoms with Gasteiger partial charge in [-0.05, 0) is 49.4 Å². The third-order valence-corrected chi connectivity index (χ3v) is 6.53. The maximum atomic E-state index is 13.3. The summed E-state index contributed by atoms with van der Waals surface area (Å²) in [4.78, 5) is 15.9. The Kier molecular flexibility index (Phi) is 4.81. The maximum absolute atomic E-state index is 13.3. The summed E-state index contributed by atoms with van der Waals surface area (Å²) in [5.74, 6) is 1.84. The van der Waals surface area contributed by atoms with E-state index in [0.717, 1.165) is 30.7 Å². The smallest absolute Gasteiger partial charge is 0.166 e. The van der Waals surface area contributed by atoms with Crippen molar-refractivity contribution in [3.8, 4) is 11.5 Å². The Morgan fingerprint density at radius 1 is 0.929 bits per heavy atom. The predicted octanol–water partition coefficient (Wildman–Crippen LogP) is 4.47. The molecule has 2 fully saturated rings. The minimum absolute atomic E-state index is 0.116. The number of hydrogen-bond acceptors (Lipinski definition) is 4. The first-order valence-electron chi connectivity index (χ1n) is 10.5. The highest BCUT2D eigenvalue weighted by Crippen LogP contribution is 2.40. The summed E-state index contributed by atoms with van der Waals surface area (Å²) in [6, 6.07) is 17.4. The van der Waals surface area contributed by atoms with Gasteiger partial charge in [-0.25, -0.2) is 0 Å². The summed E-state index contributed by atoms with van der Waals surface area (Å²) in [6.45, 7) is 2.12. The normalized spacial score (nSPS) is 26.6. The van der Waals surface area contributed by atoms with Gasteiger partial charge < -0.3 is 9.47 Å². The zero-order valence-corrected chi connectivity index (χ0v) is 16.2. The molecule has 2 bridgehead atoms. The van der Waals surface area contributed by atoms with E-state index in [4.69, 9.17) is 9.47 Å². The number of carbonyl (C=O) groups is 1. The molecule has 2 unspecified atom stereocenters. The van der Waals surface area contributed by atoms with Gasteiger partial charge in [0.05, 0.1) is 0 Å². The third-order valence-electron chi connectivity index (χ3n) is 6.53. The van der Waals surface area contributed by atoms with Crippen LogP contribution in [0.15, 0.2) is 48.5 Å². The largest absolute Gasteiger partial charge is 0.486 e. The summed E-state index contributed by atoms with van der Waals surface area (Å²) in [5, 5.41) is 0. The number of benzene rings is 2. The highest BCUT2D eigenvalue weighted by Gasteiger charge is 2.40. The van der Waals surface area contributed by atoms with Gasteiger partial charge in [-0.2, -0.15) is 0 Å². The van der Waals surface area contributed by atoms with Crippen molar-refractivity contribution in [3.05, 3.63) is 59.7 Å². The summed E-state index contributed by atoms with van der Waals surface area (Å²) < 4.78 is 11.3. The van der Waals surface area contributed by atoms with Crippen LogP contribution in [0.4, 0.5) is 0 Å². The molecule has 2 aromatic rings. The Morgan fingerprint density at radius 3 is 2.39 bits per heavy atom. The topological polar surface area (TPSA) is 38.8 Å². The van der Waals surface area contributed by atoms with E-state index in [2.05, 4.69) is 35.2 Å². The Morgan fingerprint density at radius 2 is 1.64 bits per heavy atom. The van der Waals surface area contributed by atoms with E-state index in [9.17, 15) is 4.79 Å². The quantitative estimate of drug-likeness (QED) is 0.737. The Bertz CT molecular complexity index is 836. The number of ketones is 1. The van der Waals surface area contributed by atoms with E-state index >= 15 is 0 Å². The second-order valence-corrected chi connectivity index (χ2v) is 8.29. The molecule has 2 atom stereocenters. The molecule has 3 aliphatic rings. The standard InChI is InChI=1S/C24H27NO3/c26-24(18-9-10-22-23(15-18)28-12-11-27-22)19-13-20-7-4-8-21(14-19)25(20)16-17-5-2-1-3-6-17/h1-3,5-6,9-10,15,19-21H,4,7-8,11-14,16H2. The average molecular weight is 377 g/mol. The van der Waals surface area contributed by atoms with Crippen molar-refractivity contribution < 1.29 is 14.3 Å². The van der Waals surface area contributed by atoms with Gasteiger partial charge in [-0.1, -0.05) is 36.8 Å².